The van der Waals surface area contributed by atoms with Crippen molar-refractivity contribution >= 4 is 0 Å². The molecule has 18 heavy (non-hydrogen) atoms. The molecule has 1 rings (SSSR count). The van der Waals surface area contributed by atoms with Gasteiger partial charge in [0.05, 0.1) is 11.7 Å². The minimum Gasteiger partial charge on any atom is -0.329 e. The molecular weight excluding hydrogens is 226 g/mol. The van der Waals surface area contributed by atoms with Crippen molar-refractivity contribution in [1.82, 2.24) is 19.8 Å². The summed E-state index contributed by atoms with van der Waals surface area (Å²) in [6.07, 6.45) is 4.49. The lowest BCUT2D eigenvalue weighted by atomic mass is 10.1. The summed E-state index contributed by atoms with van der Waals surface area (Å²) >= 11 is 0. The van der Waals surface area contributed by atoms with Crippen molar-refractivity contribution in [3.05, 3.63) is 24.3 Å². The summed E-state index contributed by atoms with van der Waals surface area (Å²) in [7, 11) is 4.18. The van der Waals surface area contributed by atoms with E-state index < -0.39 is 0 Å². The van der Waals surface area contributed by atoms with Crippen molar-refractivity contribution in [2.24, 2.45) is 5.73 Å². The van der Waals surface area contributed by atoms with Crippen molar-refractivity contribution in [3.63, 3.8) is 0 Å². The highest BCUT2D eigenvalue weighted by atomic mass is 15.2. The Morgan fingerprint density at radius 2 is 2.06 bits per heavy atom. The van der Waals surface area contributed by atoms with Gasteiger partial charge in [-0.2, -0.15) is 0 Å². The average Bonchev–Trinajstić information content (AvgIpc) is 2.38. The van der Waals surface area contributed by atoms with E-state index in [1.165, 1.54) is 0 Å². The number of rotatable bonds is 8. The zero-order chi connectivity index (χ0) is 13.4. The van der Waals surface area contributed by atoms with Crippen molar-refractivity contribution < 1.29 is 0 Å². The summed E-state index contributed by atoms with van der Waals surface area (Å²) in [5, 5.41) is 0. The molecule has 1 unspecified atom stereocenters. The van der Waals surface area contributed by atoms with Gasteiger partial charge in [-0.05, 0) is 33.1 Å². The highest BCUT2D eigenvalue weighted by Crippen LogP contribution is 2.16. The maximum absolute atomic E-state index is 5.93. The second-order valence-electron chi connectivity index (χ2n) is 4.72. The van der Waals surface area contributed by atoms with E-state index in [2.05, 4.69) is 40.8 Å². The van der Waals surface area contributed by atoms with E-state index in [-0.39, 0.29) is 6.04 Å². The van der Waals surface area contributed by atoms with Crippen molar-refractivity contribution in [3.8, 4) is 0 Å². The molecule has 0 bridgehead atoms. The van der Waals surface area contributed by atoms with Gasteiger partial charge in [0, 0.05) is 25.8 Å². The van der Waals surface area contributed by atoms with Crippen LogP contribution in [0.25, 0.3) is 0 Å². The van der Waals surface area contributed by atoms with Crippen LogP contribution < -0.4 is 5.73 Å². The molecule has 0 amide bonds. The van der Waals surface area contributed by atoms with Gasteiger partial charge in [-0.25, -0.2) is 9.97 Å². The van der Waals surface area contributed by atoms with Crippen LogP contribution in [-0.4, -0.2) is 60.0 Å². The van der Waals surface area contributed by atoms with Crippen LogP contribution in [0.1, 0.15) is 25.1 Å². The van der Waals surface area contributed by atoms with Crippen LogP contribution in [0, 0.1) is 0 Å². The Hall–Kier alpha value is -1.04. The number of nitrogens with zero attached hydrogens (tertiary/aromatic N) is 4. The van der Waals surface area contributed by atoms with E-state index in [4.69, 9.17) is 5.73 Å². The number of nitrogens with two attached hydrogens (primary N) is 1. The van der Waals surface area contributed by atoms with Crippen LogP contribution >= 0.6 is 0 Å². The first-order valence-corrected chi connectivity index (χ1v) is 6.53. The fraction of sp³-hybridized carbons (Fsp3) is 0.692. The fourth-order valence-corrected chi connectivity index (χ4v) is 1.99. The number of hydrogen-bond acceptors (Lipinski definition) is 5. The predicted molar refractivity (Wildman–Crippen MR) is 74.2 cm³/mol. The van der Waals surface area contributed by atoms with Crippen LogP contribution in [0.15, 0.2) is 18.6 Å². The third kappa shape index (κ3) is 4.68. The van der Waals surface area contributed by atoms with Crippen molar-refractivity contribution in [2.45, 2.75) is 19.4 Å². The van der Waals surface area contributed by atoms with E-state index >= 15 is 0 Å². The van der Waals surface area contributed by atoms with E-state index in [1.807, 2.05) is 6.07 Å². The number of hydrogen-bond donors (Lipinski definition) is 1. The van der Waals surface area contributed by atoms with Crippen LogP contribution in [0.3, 0.4) is 0 Å². The Bertz CT molecular complexity index is 314. The van der Waals surface area contributed by atoms with Gasteiger partial charge >= 0.3 is 0 Å². The predicted octanol–water partition coefficient (Wildman–Crippen LogP) is 0.750. The molecule has 0 radical (unpaired) electrons. The first-order chi connectivity index (χ1) is 8.69. The molecule has 102 valence electrons. The normalized spacial score (nSPS) is 13.2. The molecule has 1 aromatic heterocycles. The van der Waals surface area contributed by atoms with Crippen LogP contribution in [0.5, 0.6) is 0 Å². The summed E-state index contributed by atoms with van der Waals surface area (Å²) in [4.78, 5) is 12.9. The van der Waals surface area contributed by atoms with Crippen LogP contribution in [0.2, 0.25) is 0 Å². The molecule has 0 aliphatic rings. The molecule has 2 N–H and O–H groups in total. The second-order valence-corrected chi connectivity index (χ2v) is 4.72. The molecule has 1 atom stereocenters. The highest BCUT2D eigenvalue weighted by Gasteiger charge is 2.19. The molecular formula is C13H25N5. The lowest BCUT2D eigenvalue weighted by Gasteiger charge is -2.31. The minimum atomic E-state index is 0.188. The van der Waals surface area contributed by atoms with E-state index in [9.17, 15) is 0 Å². The smallest absolute Gasteiger partial charge is 0.115 e. The summed E-state index contributed by atoms with van der Waals surface area (Å²) in [5.74, 6) is 0. The third-order valence-corrected chi connectivity index (χ3v) is 2.96. The molecule has 0 fully saturated rings. The van der Waals surface area contributed by atoms with Gasteiger partial charge in [-0.3, -0.25) is 4.90 Å². The lowest BCUT2D eigenvalue weighted by molar-refractivity contribution is 0.179. The number of likely N-dealkylation sites (N-methyl/N-ethyl adjacent to an activating group) is 1. The fourth-order valence-electron chi connectivity index (χ4n) is 1.99. The molecule has 0 aromatic carbocycles. The van der Waals surface area contributed by atoms with Gasteiger partial charge in [0.1, 0.15) is 6.33 Å². The average molecular weight is 251 g/mol. The molecule has 0 saturated carbocycles. The van der Waals surface area contributed by atoms with Gasteiger partial charge in [0.25, 0.3) is 0 Å². The van der Waals surface area contributed by atoms with Gasteiger partial charge in [0.15, 0.2) is 0 Å². The van der Waals surface area contributed by atoms with Gasteiger partial charge in [-0.15, -0.1) is 0 Å². The Balaban J connectivity index is 2.74. The maximum atomic E-state index is 5.93. The monoisotopic (exact) mass is 251 g/mol. The molecule has 5 heteroatoms. The molecule has 0 aliphatic heterocycles. The Morgan fingerprint density at radius 1 is 1.28 bits per heavy atom. The van der Waals surface area contributed by atoms with Crippen LogP contribution in [-0.2, 0) is 0 Å². The Kier molecular flexibility index (Phi) is 6.78. The van der Waals surface area contributed by atoms with Gasteiger partial charge in [-0.1, -0.05) is 6.92 Å². The SMILES string of the molecule is CCCN(CCN(C)C)C(CN)c1ccncn1. The molecule has 0 spiro atoms. The minimum absolute atomic E-state index is 0.188. The van der Waals surface area contributed by atoms with Gasteiger partial charge in [0.2, 0.25) is 0 Å². The standard InChI is InChI=1S/C13H25N5/c1-4-7-18(9-8-17(2)3)13(10-14)12-5-6-15-11-16-12/h5-6,11,13H,4,7-10,14H2,1-3H3. The maximum Gasteiger partial charge on any atom is 0.115 e. The first-order valence-electron chi connectivity index (χ1n) is 6.53. The summed E-state index contributed by atoms with van der Waals surface area (Å²) in [5.41, 5.74) is 6.94. The van der Waals surface area contributed by atoms with Crippen molar-refractivity contribution in [2.75, 3.05) is 40.3 Å². The zero-order valence-corrected chi connectivity index (χ0v) is 11.7. The molecule has 0 saturated heterocycles. The molecule has 5 nitrogen and oxygen atoms in total. The molecule has 1 aromatic rings. The van der Waals surface area contributed by atoms with E-state index in [0.717, 1.165) is 31.7 Å². The number of aromatic nitrogens is 2. The summed E-state index contributed by atoms with van der Waals surface area (Å²) in [6, 6.07) is 2.14. The Morgan fingerprint density at radius 3 is 2.56 bits per heavy atom. The summed E-state index contributed by atoms with van der Waals surface area (Å²) < 4.78 is 0. The zero-order valence-electron chi connectivity index (χ0n) is 11.7. The molecule has 1 heterocycles. The largest absolute Gasteiger partial charge is 0.329 e. The van der Waals surface area contributed by atoms with E-state index in [0.29, 0.717) is 6.54 Å². The Labute approximate surface area is 110 Å². The second kappa shape index (κ2) is 8.13. The van der Waals surface area contributed by atoms with Crippen molar-refractivity contribution in [1.29, 1.82) is 0 Å². The van der Waals surface area contributed by atoms with E-state index in [1.54, 1.807) is 12.5 Å². The first kappa shape index (κ1) is 15.0. The summed E-state index contributed by atoms with van der Waals surface area (Å²) in [6.45, 7) is 5.86. The topological polar surface area (TPSA) is 58.3 Å². The molecule has 0 aliphatic carbocycles. The van der Waals surface area contributed by atoms with Gasteiger partial charge < -0.3 is 10.6 Å². The quantitative estimate of drug-likeness (QED) is 0.739. The highest BCUT2D eigenvalue weighted by molar-refractivity contribution is 5.05. The lowest BCUT2D eigenvalue weighted by Crippen LogP contribution is -2.39. The third-order valence-electron chi connectivity index (χ3n) is 2.96. The van der Waals surface area contributed by atoms with Crippen LogP contribution in [0.4, 0.5) is 0 Å².